The summed E-state index contributed by atoms with van der Waals surface area (Å²) >= 11 is 1.28. The Bertz CT molecular complexity index is 822. The van der Waals surface area contributed by atoms with E-state index in [1.165, 1.54) is 11.8 Å². The highest BCUT2D eigenvalue weighted by Crippen LogP contribution is 2.46. The molecule has 0 spiro atoms. The van der Waals surface area contributed by atoms with Gasteiger partial charge in [-0.1, -0.05) is 83.6 Å². The van der Waals surface area contributed by atoms with Crippen LogP contribution in [0.3, 0.4) is 0 Å². The summed E-state index contributed by atoms with van der Waals surface area (Å²) in [5.41, 5.74) is 3.27. The number of rotatable bonds is 4. The molecule has 0 saturated heterocycles. The SMILES string of the molecule is COc1ccccc1C(SC(C)=O)c1cc(C(C)(C)C)c(O)c(C(C)(C)C)c1. The third kappa shape index (κ3) is 4.91. The topological polar surface area (TPSA) is 46.5 Å². The zero-order valence-electron chi connectivity index (χ0n) is 18.2. The fourth-order valence-electron chi connectivity index (χ4n) is 3.31. The van der Waals surface area contributed by atoms with Crippen molar-refractivity contribution in [2.75, 3.05) is 7.11 Å². The number of ether oxygens (including phenoxy) is 1. The zero-order valence-corrected chi connectivity index (χ0v) is 19.0. The molecule has 3 nitrogen and oxygen atoms in total. The number of aromatic hydroxyl groups is 1. The summed E-state index contributed by atoms with van der Waals surface area (Å²) in [7, 11) is 1.65. The molecule has 1 atom stereocenters. The summed E-state index contributed by atoms with van der Waals surface area (Å²) in [6.45, 7) is 14.1. The molecule has 152 valence electrons. The predicted octanol–water partition coefficient (Wildman–Crippen LogP) is 6.36. The maximum atomic E-state index is 12.1. The number of phenolic OH excluding ortho intramolecular Hbond substituents is 1. The molecule has 0 aliphatic rings. The van der Waals surface area contributed by atoms with Gasteiger partial charge in [-0.15, -0.1) is 0 Å². The van der Waals surface area contributed by atoms with E-state index in [0.717, 1.165) is 28.0 Å². The summed E-state index contributed by atoms with van der Waals surface area (Å²) in [6.07, 6.45) is 0. The number of methoxy groups -OCH3 is 1. The summed E-state index contributed by atoms with van der Waals surface area (Å²) < 4.78 is 5.57. The second-order valence-corrected chi connectivity index (χ2v) is 10.5. The number of hydrogen-bond donors (Lipinski definition) is 1. The van der Waals surface area contributed by atoms with Crippen molar-refractivity contribution < 1.29 is 14.6 Å². The Morgan fingerprint density at radius 3 is 1.93 bits per heavy atom. The zero-order chi connectivity index (χ0) is 21.3. The second-order valence-electron chi connectivity index (χ2n) is 9.20. The first-order valence-corrected chi connectivity index (χ1v) is 10.4. The number of carbonyl (C=O) groups excluding carboxylic acids is 1. The van der Waals surface area contributed by atoms with Crippen LogP contribution in [0.5, 0.6) is 11.5 Å². The quantitative estimate of drug-likeness (QED) is 0.648. The van der Waals surface area contributed by atoms with Crippen LogP contribution in [-0.4, -0.2) is 17.3 Å². The van der Waals surface area contributed by atoms with E-state index < -0.39 is 0 Å². The van der Waals surface area contributed by atoms with Crippen LogP contribution in [-0.2, 0) is 15.6 Å². The van der Waals surface area contributed by atoms with E-state index in [9.17, 15) is 9.90 Å². The minimum atomic E-state index is -0.230. The van der Waals surface area contributed by atoms with Gasteiger partial charge in [-0.2, -0.15) is 0 Å². The highest BCUT2D eigenvalue weighted by molar-refractivity contribution is 8.13. The van der Waals surface area contributed by atoms with Crippen molar-refractivity contribution in [2.24, 2.45) is 0 Å². The number of para-hydroxylation sites is 1. The molecule has 0 fully saturated rings. The Labute approximate surface area is 173 Å². The van der Waals surface area contributed by atoms with Crippen LogP contribution in [0.2, 0.25) is 0 Å². The molecular formula is C24H32O3S. The molecule has 0 saturated carbocycles. The van der Waals surface area contributed by atoms with Gasteiger partial charge in [-0.3, -0.25) is 4.79 Å². The smallest absolute Gasteiger partial charge is 0.186 e. The van der Waals surface area contributed by atoms with Crippen LogP contribution in [0.25, 0.3) is 0 Å². The van der Waals surface area contributed by atoms with Gasteiger partial charge in [0, 0.05) is 12.5 Å². The lowest BCUT2D eigenvalue weighted by atomic mass is 9.78. The van der Waals surface area contributed by atoms with Gasteiger partial charge in [0.1, 0.15) is 11.5 Å². The van der Waals surface area contributed by atoms with Crippen LogP contribution in [0.1, 0.15) is 76.0 Å². The van der Waals surface area contributed by atoms with E-state index in [0.29, 0.717) is 5.75 Å². The van der Waals surface area contributed by atoms with Gasteiger partial charge in [0.25, 0.3) is 0 Å². The Morgan fingerprint density at radius 1 is 1.00 bits per heavy atom. The van der Waals surface area contributed by atoms with Crippen molar-refractivity contribution in [3.63, 3.8) is 0 Å². The molecule has 28 heavy (non-hydrogen) atoms. The highest BCUT2D eigenvalue weighted by atomic mass is 32.2. The largest absolute Gasteiger partial charge is 0.507 e. The average Bonchev–Trinajstić information content (AvgIpc) is 2.57. The van der Waals surface area contributed by atoms with Crippen LogP contribution in [0, 0.1) is 0 Å². The Balaban J connectivity index is 2.81. The predicted molar refractivity (Wildman–Crippen MR) is 119 cm³/mol. The third-order valence-electron chi connectivity index (χ3n) is 4.76. The summed E-state index contributed by atoms with van der Waals surface area (Å²) in [6, 6.07) is 11.9. The molecule has 0 radical (unpaired) electrons. The fraction of sp³-hybridized carbons (Fsp3) is 0.458. The Morgan fingerprint density at radius 2 is 1.50 bits per heavy atom. The van der Waals surface area contributed by atoms with E-state index in [1.54, 1.807) is 14.0 Å². The molecule has 0 aliphatic carbocycles. The van der Waals surface area contributed by atoms with Crippen LogP contribution >= 0.6 is 11.8 Å². The van der Waals surface area contributed by atoms with Crippen LogP contribution in [0.15, 0.2) is 36.4 Å². The Kier molecular flexibility index (Phi) is 6.55. The Hall–Kier alpha value is -1.94. The molecule has 2 aromatic carbocycles. The molecule has 0 amide bonds. The van der Waals surface area contributed by atoms with Crippen molar-refractivity contribution in [3.8, 4) is 11.5 Å². The molecule has 0 aromatic heterocycles. The second kappa shape index (κ2) is 8.20. The molecule has 0 heterocycles. The number of benzene rings is 2. The van der Waals surface area contributed by atoms with Crippen molar-refractivity contribution in [2.45, 2.75) is 64.5 Å². The average molecular weight is 401 g/mol. The monoisotopic (exact) mass is 400 g/mol. The summed E-state index contributed by atoms with van der Waals surface area (Å²) in [5, 5.41) is 10.8. The van der Waals surface area contributed by atoms with Gasteiger partial charge in [-0.25, -0.2) is 0 Å². The lowest BCUT2D eigenvalue weighted by Crippen LogP contribution is -2.18. The minimum Gasteiger partial charge on any atom is -0.507 e. The molecule has 2 rings (SSSR count). The number of carbonyl (C=O) groups is 1. The lowest BCUT2D eigenvalue weighted by molar-refractivity contribution is -0.109. The first-order chi connectivity index (χ1) is 12.9. The molecule has 0 aliphatic heterocycles. The normalized spacial score (nSPS) is 13.3. The van der Waals surface area contributed by atoms with Crippen molar-refractivity contribution >= 4 is 16.9 Å². The first kappa shape index (κ1) is 22.4. The van der Waals surface area contributed by atoms with Gasteiger partial charge in [0.15, 0.2) is 5.12 Å². The van der Waals surface area contributed by atoms with Gasteiger partial charge in [0.2, 0.25) is 0 Å². The van der Waals surface area contributed by atoms with E-state index in [-0.39, 0.29) is 21.2 Å². The number of phenols is 1. The standard InChI is InChI=1S/C24H32O3S/c1-15(25)28-22(17-11-9-10-12-20(17)27-8)16-13-18(23(2,3)4)21(26)19(14-16)24(5,6)7/h9-14,22,26H,1-8H3. The van der Waals surface area contributed by atoms with E-state index >= 15 is 0 Å². The van der Waals surface area contributed by atoms with Crippen molar-refractivity contribution in [1.82, 2.24) is 0 Å². The van der Waals surface area contributed by atoms with E-state index in [1.807, 2.05) is 36.4 Å². The summed E-state index contributed by atoms with van der Waals surface area (Å²) in [4.78, 5) is 12.1. The summed E-state index contributed by atoms with van der Waals surface area (Å²) in [5.74, 6) is 1.10. The first-order valence-electron chi connectivity index (χ1n) is 9.54. The molecule has 0 bridgehead atoms. The van der Waals surface area contributed by atoms with E-state index in [4.69, 9.17) is 4.74 Å². The van der Waals surface area contributed by atoms with Gasteiger partial charge in [-0.05, 0) is 33.6 Å². The van der Waals surface area contributed by atoms with Crippen molar-refractivity contribution in [1.29, 1.82) is 0 Å². The lowest BCUT2D eigenvalue weighted by Gasteiger charge is -2.30. The minimum absolute atomic E-state index is 0.0404. The van der Waals surface area contributed by atoms with E-state index in [2.05, 4.69) is 41.5 Å². The van der Waals surface area contributed by atoms with Gasteiger partial charge in [0.05, 0.1) is 12.4 Å². The highest BCUT2D eigenvalue weighted by Gasteiger charge is 2.30. The van der Waals surface area contributed by atoms with Crippen LogP contribution in [0.4, 0.5) is 0 Å². The van der Waals surface area contributed by atoms with Crippen molar-refractivity contribution in [3.05, 3.63) is 58.7 Å². The number of hydrogen-bond acceptors (Lipinski definition) is 4. The molecule has 1 unspecified atom stereocenters. The molecular weight excluding hydrogens is 368 g/mol. The molecule has 2 aromatic rings. The van der Waals surface area contributed by atoms with Gasteiger partial charge >= 0.3 is 0 Å². The fourth-order valence-corrected chi connectivity index (χ4v) is 4.24. The molecule has 4 heteroatoms. The van der Waals surface area contributed by atoms with Gasteiger partial charge < -0.3 is 9.84 Å². The third-order valence-corrected chi connectivity index (χ3v) is 5.85. The maximum absolute atomic E-state index is 12.1. The maximum Gasteiger partial charge on any atom is 0.186 e. The number of thioether (sulfide) groups is 1. The van der Waals surface area contributed by atoms with Crippen LogP contribution < -0.4 is 4.74 Å². The molecule has 1 N–H and O–H groups in total.